The van der Waals surface area contributed by atoms with Gasteiger partial charge in [-0.3, -0.25) is 0 Å². The van der Waals surface area contributed by atoms with E-state index in [1.807, 2.05) is 30.3 Å². The number of aromatic amines is 2. The van der Waals surface area contributed by atoms with Gasteiger partial charge in [0.05, 0.1) is 16.7 Å². The Morgan fingerprint density at radius 1 is 1.06 bits per heavy atom. The van der Waals surface area contributed by atoms with E-state index in [1.54, 1.807) is 6.07 Å². The first-order valence-electron chi connectivity index (χ1n) is 5.18. The Kier molecular flexibility index (Phi) is 1.98. The van der Waals surface area contributed by atoms with Gasteiger partial charge in [-0.05, 0) is 18.2 Å². The predicted octanol–water partition coefficient (Wildman–Crippen LogP) is 1.50. The normalized spacial score (nSPS) is 10.8. The van der Waals surface area contributed by atoms with Crippen LogP contribution in [0.1, 0.15) is 0 Å². The second kappa shape index (κ2) is 3.48. The number of aromatic nitrogens is 3. The van der Waals surface area contributed by atoms with Gasteiger partial charge in [0.15, 0.2) is 0 Å². The smallest absolute Gasteiger partial charge is 0.323 e. The van der Waals surface area contributed by atoms with Crippen LogP contribution in [0, 0.1) is 0 Å². The van der Waals surface area contributed by atoms with Crippen LogP contribution in [0.4, 0.5) is 5.82 Å². The van der Waals surface area contributed by atoms with Gasteiger partial charge in [0, 0.05) is 5.56 Å². The van der Waals surface area contributed by atoms with Crippen molar-refractivity contribution in [2.24, 2.45) is 0 Å². The summed E-state index contributed by atoms with van der Waals surface area (Å²) in [5, 5.41) is 0. The highest BCUT2D eigenvalue weighted by Gasteiger charge is 2.07. The summed E-state index contributed by atoms with van der Waals surface area (Å²) in [5.74, 6) is 0.456. The maximum absolute atomic E-state index is 11.3. The maximum Gasteiger partial charge on any atom is 0.323 e. The highest BCUT2D eigenvalue weighted by atomic mass is 16.1. The van der Waals surface area contributed by atoms with Gasteiger partial charge in [0.2, 0.25) is 0 Å². The summed E-state index contributed by atoms with van der Waals surface area (Å²) < 4.78 is 0. The highest BCUT2D eigenvalue weighted by Crippen LogP contribution is 2.24. The number of hydrogen-bond donors (Lipinski definition) is 3. The number of imidazole rings is 1. The molecule has 0 bridgehead atoms. The van der Waals surface area contributed by atoms with E-state index in [0.717, 1.165) is 22.3 Å². The average Bonchev–Trinajstić information content (AvgIpc) is 2.68. The fraction of sp³-hybridized carbons (Fsp3) is 0. The van der Waals surface area contributed by atoms with Crippen LogP contribution >= 0.6 is 0 Å². The van der Waals surface area contributed by atoms with Gasteiger partial charge in [-0.1, -0.05) is 18.2 Å². The number of benzene rings is 1. The average molecular weight is 226 g/mol. The second-order valence-electron chi connectivity index (χ2n) is 3.75. The molecule has 2 aromatic heterocycles. The molecule has 0 spiro atoms. The van der Waals surface area contributed by atoms with Crippen LogP contribution in [0.3, 0.4) is 0 Å². The van der Waals surface area contributed by atoms with Crippen molar-refractivity contribution in [3.05, 3.63) is 46.9 Å². The molecule has 0 aliphatic carbocycles. The lowest BCUT2D eigenvalue weighted by molar-refractivity contribution is 1.21. The maximum atomic E-state index is 11.3. The summed E-state index contributed by atoms with van der Waals surface area (Å²) in [6.07, 6.45) is 0. The van der Waals surface area contributed by atoms with Gasteiger partial charge in [-0.15, -0.1) is 0 Å². The van der Waals surface area contributed by atoms with Crippen molar-refractivity contribution in [3.8, 4) is 11.3 Å². The lowest BCUT2D eigenvalue weighted by Crippen LogP contribution is -1.99. The predicted molar refractivity (Wildman–Crippen MR) is 66.6 cm³/mol. The lowest BCUT2D eigenvalue weighted by Gasteiger charge is -2.02. The zero-order valence-corrected chi connectivity index (χ0v) is 8.90. The third-order valence-electron chi connectivity index (χ3n) is 2.60. The van der Waals surface area contributed by atoms with Crippen molar-refractivity contribution in [3.63, 3.8) is 0 Å². The van der Waals surface area contributed by atoms with Crippen LogP contribution in [0.15, 0.2) is 41.2 Å². The number of anilines is 1. The third-order valence-corrected chi connectivity index (χ3v) is 2.60. The SMILES string of the molecule is Nc1cccc(-c2cccc3[nH]c(=O)[nH]c23)n1. The molecule has 2 heterocycles. The van der Waals surface area contributed by atoms with E-state index in [1.165, 1.54) is 0 Å². The Bertz CT molecular complexity index is 741. The van der Waals surface area contributed by atoms with E-state index in [4.69, 9.17) is 5.73 Å². The van der Waals surface area contributed by atoms with Gasteiger partial charge >= 0.3 is 5.69 Å². The number of para-hydroxylation sites is 1. The summed E-state index contributed by atoms with van der Waals surface area (Å²) in [6, 6.07) is 11.0. The minimum Gasteiger partial charge on any atom is -0.384 e. The van der Waals surface area contributed by atoms with Gasteiger partial charge in [0.25, 0.3) is 0 Å². The first kappa shape index (κ1) is 9.65. The fourth-order valence-corrected chi connectivity index (χ4v) is 1.87. The van der Waals surface area contributed by atoms with Crippen LogP contribution in [0.2, 0.25) is 0 Å². The first-order valence-corrected chi connectivity index (χ1v) is 5.18. The minimum atomic E-state index is -0.226. The molecule has 0 fully saturated rings. The molecule has 1 aromatic carbocycles. The zero-order chi connectivity index (χ0) is 11.8. The summed E-state index contributed by atoms with van der Waals surface area (Å²) in [6.45, 7) is 0. The van der Waals surface area contributed by atoms with E-state index >= 15 is 0 Å². The number of rotatable bonds is 1. The van der Waals surface area contributed by atoms with E-state index < -0.39 is 0 Å². The van der Waals surface area contributed by atoms with Crippen LogP contribution in [0.5, 0.6) is 0 Å². The molecule has 5 heteroatoms. The summed E-state index contributed by atoms with van der Waals surface area (Å²) >= 11 is 0. The Labute approximate surface area is 96.3 Å². The first-order chi connectivity index (χ1) is 8.24. The number of nitrogens with zero attached hydrogens (tertiary/aromatic N) is 1. The van der Waals surface area contributed by atoms with Gasteiger partial charge < -0.3 is 15.7 Å². The molecule has 3 aromatic rings. The molecule has 0 aliphatic rings. The molecule has 4 N–H and O–H groups in total. The van der Waals surface area contributed by atoms with Crippen molar-refractivity contribution in [1.82, 2.24) is 15.0 Å². The van der Waals surface area contributed by atoms with Crippen LogP contribution in [-0.2, 0) is 0 Å². The van der Waals surface area contributed by atoms with Crippen molar-refractivity contribution in [2.75, 3.05) is 5.73 Å². The van der Waals surface area contributed by atoms with Crippen molar-refractivity contribution in [1.29, 1.82) is 0 Å². The van der Waals surface area contributed by atoms with Crippen molar-refractivity contribution < 1.29 is 0 Å². The Hall–Kier alpha value is -2.56. The summed E-state index contributed by atoms with van der Waals surface area (Å²) in [7, 11) is 0. The van der Waals surface area contributed by atoms with Crippen molar-refractivity contribution in [2.45, 2.75) is 0 Å². The molecule has 0 atom stereocenters. The van der Waals surface area contributed by atoms with Crippen LogP contribution in [-0.4, -0.2) is 15.0 Å². The number of nitrogens with two attached hydrogens (primary N) is 1. The Balaban J connectivity index is 2.33. The molecule has 3 rings (SSSR count). The fourth-order valence-electron chi connectivity index (χ4n) is 1.87. The monoisotopic (exact) mass is 226 g/mol. The quantitative estimate of drug-likeness (QED) is 0.587. The molecule has 0 amide bonds. The molecular weight excluding hydrogens is 216 g/mol. The minimum absolute atomic E-state index is 0.226. The number of H-pyrrole nitrogens is 2. The standard InChI is InChI=1S/C12H10N4O/c13-10-6-2-4-8(14-10)7-3-1-5-9-11(7)16-12(17)15-9/h1-6H,(H2,13,14)(H2,15,16,17). The van der Waals surface area contributed by atoms with E-state index in [-0.39, 0.29) is 5.69 Å². The number of nitrogens with one attached hydrogen (secondary N) is 2. The largest absolute Gasteiger partial charge is 0.384 e. The van der Waals surface area contributed by atoms with Gasteiger partial charge in [-0.25, -0.2) is 9.78 Å². The number of hydrogen-bond acceptors (Lipinski definition) is 3. The van der Waals surface area contributed by atoms with Crippen LogP contribution < -0.4 is 11.4 Å². The molecule has 84 valence electrons. The number of pyridine rings is 1. The van der Waals surface area contributed by atoms with Crippen LogP contribution in [0.25, 0.3) is 22.3 Å². The van der Waals surface area contributed by atoms with Gasteiger partial charge in [0.1, 0.15) is 5.82 Å². The Morgan fingerprint density at radius 3 is 2.71 bits per heavy atom. The highest BCUT2D eigenvalue weighted by molar-refractivity contribution is 5.90. The molecule has 5 nitrogen and oxygen atoms in total. The molecule has 0 radical (unpaired) electrons. The lowest BCUT2D eigenvalue weighted by atomic mass is 10.1. The van der Waals surface area contributed by atoms with E-state index in [2.05, 4.69) is 15.0 Å². The molecule has 0 unspecified atom stereocenters. The van der Waals surface area contributed by atoms with Crippen molar-refractivity contribution >= 4 is 16.9 Å². The number of nitrogen functional groups attached to an aromatic ring is 1. The van der Waals surface area contributed by atoms with E-state index in [0.29, 0.717) is 5.82 Å². The van der Waals surface area contributed by atoms with Gasteiger partial charge in [-0.2, -0.15) is 0 Å². The second-order valence-corrected chi connectivity index (χ2v) is 3.75. The topological polar surface area (TPSA) is 87.6 Å². The molecule has 17 heavy (non-hydrogen) atoms. The molecule has 0 saturated heterocycles. The zero-order valence-electron chi connectivity index (χ0n) is 8.90. The third kappa shape index (κ3) is 1.57. The van der Waals surface area contributed by atoms with E-state index in [9.17, 15) is 4.79 Å². The molecule has 0 aliphatic heterocycles. The molecular formula is C12H10N4O. The molecule has 0 saturated carbocycles. The summed E-state index contributed by atoms with van der Waals surface area (Å²) in [4.78, 5) is 21.0. The number of fused-ring (bicyclic) bond motifs is 1. The Morgan fingerprint density at radius 2 is 1.88 bits per heavy atom. The summed E-state index contributed by atoms with van der Waals surface area (Å²) in [5.41, 5.74) is 8.53.